The molecule has 2 aromatic rings. The van der Waals surface area contributed by atoms with Gasteiger partial charge in [-0.05, 0) is 92.9 Å². The van der Waals surface area contributed by atoms with Gasteiger partial charge in [-0.2, -0.15) is 0 Å². The van der Waals surface area contributed by atoms with Crippen LogP contribution < -0.4 is 4.74 Å². The standard InChI is InChI=1S/C28H35NO/c1-20(2)30-25-14-13-22-12-11-21-7-3-6-10-26(21)28(27(22)19-25)23-15-17-29(18-16-23)24-8-4-5-9-24/h3,6-7,10-14,19-20,23-24,28H,4-5,8-9,15-18H2,1-2H3. The first-order valence-corrected chi connectivity index (χ1v) is 12.0. The summed E-state index contributed by atoms with van der Waals surface area (Å²) in [6.45, 7) is 6.74. The average molecular weight is 402 g/mol. The van der Waals surface area contributed by atoms with Crippen LogP contribution in [0.4, 0.5) is 0 Å². The minimum Gasteiger partial charge on any atom is -0.491 e. The van der Waals surface area contributed by atoms with Crippen molar-refractivity contribution in [1.82, 2.24) is 4.90 Å². The quantitative estimate of drug-likeness (QED) is 0.562. The van der Waals surface area contributed by atoms with Gasteiger partial charge in [0.15, 0.2) is 0 Å². The average Bonchev–Trinajstić information content (AvgIpc) is 3.24. The number of hydrogen-bond donors (Lipinski definition) is 0. The Morgan fingerprint density at radius 2 is 1.53 bits per heavy atom. The largest absolute Gasteiger partial charge is 0.491 e. The van der Waals surface area contributed by atoms with E-state index >= 15 is 0 Å². The summed E-state index contributed by atoms with van der Waals surface area (Å²) in [6, 6.07) is 16.6. The first kappa shape index (κ1) is 19.9. The normalized spacial score (nSPS) is 22.7. The van der Waals surface area contributed by atoms with Gasteiger partial charge in [-0.1, -0.05) is 55.3 Å². The lowest BCUT2D eigenvalue weighted by molar-refractivity contribution is 0.128. The van der Waals surface area contributed by atoms with Crippen LogP contribution in [0, 0.1) is 5.92 Å². The molecular formula is C28H35NO. The lowest BCUT2D eigenvalue weighted by Gasteiger charge is -2.39. The van der Waals surface area contributed by atoms with Crippen LogP contribution >= 0.6 is 0 Å². The molecule has 1 heterocycles. The van der Waals surface area contributed by atoms with Crippen molar-refractivity contribution in [2.75, 3.05) is 13.1 Å². The van der Waals surface area contributed by atoms with E-state index in [1.165, 1.54) is 73.9 Å². The van der Waals surface area contributed by atoms with Gasteiger partial charge >= 0.3 is 0 Å². The molecule has 0 radical (unpaired) electrons. The molecule has 3 aliphatic rings. The van der Waals surface area contributed by atoms with Gasteiger partial charge in [0.1, 0.15) is 5.75 Å². The summed E-state index contributed by atoms with van der Waals surface area (Å²) in [5, 5.41) is 0. The molecule has 2 heteroatoms. The molecule has 5 rings (SSSR count). The predicted octanol–water partition coefficient (Wildman–Crippen LogP) is 6.74. The van der Waals surface area contributed by atoms with Gasteiger partial charge in [0.05, 0.1) is 6.10 Å². The Balaban J connectivity index is 1.48. The smallest absolute Gasteiger partial charge is 0.120 e. The van der Waals surface area contributed by atoms with Crippen LogP contribution in [-0.2, 0) is 0 Å². The summed E-state index contributed by atoms with van der Waals surface area (Å²) in [7, 11) is 0. The van der Waals surface area contributed by atoms with Crippen molar-refractivity contribution in [3.8, 4) is 5.75 Å². The van der Waals surface area contributed by atoms with Crippen molar-refractivity contribution in [1.29, 1.82) is 0 Å². The Hall–Kier alpha value is -2.06. The second-order valence-electron chi connectivity index (χ2n) is 9.71. The molecule has 2 fully saturated rings. The topological polar surface area (TPSA) is 12.5 Å². The molecule has 1 saturated heterocycles. The Morgan fingerprint density at radius 1 is 0.833 bits per heavy atom. The van der Waals surface area contributed by atoms with E-state index in [1.54, 1.807) is 0 Å². The fourth-order valence-electron chi connectivity index (χ4n) is 6.01. The second-order valence-corrected chi connectivity index (χ2v) is 9.71. The molecule has 0 bridgehead atoms. The van der Waals surface area contributed by atoms with Crippen LogP contribution in [0.25, 0.3) is 12.2 Å². The maximum Gasteiger partial charge on any atom is 0.120 e. The van der Waals surface area contributed by atoms with Crippen molar-refractivity contribution in [3.63, 3.8) is 0 Å². The maximum absolute atomic E-state index is 6.10. The van der Waals surface area contributed by atoms with Gasteiger partial charge in [0.25, 0.3) is 0 Å². The molecule has 158 valence electrons. The lowest BCUT2D eigenvalue weighted by atomic mass is 9.74. The first-order chi connectivity index (χ1) is 14.7. The summed E-state index contributed by atoms with van der Waals surface area (Å²) < 4.78 is 6.10. The van der Waals surface area contributed by atoms with Gasteiger partial charge in [-0.15, -0.1) is 0 Å². The van der Waals surface area contributed by atoms with E-state index in [2.05, 4.69) is 73.4 Å². The Morgan fingerprint density at radius 3 is 2.27 bits per heavy atom. The minimum absolute atomic E-state index is 0.199. The van der Waals surface area contributed by atoms with E-state index in [0.29, 0.717) is 11.8 Å². The van der Waals surface area contributed by atoms with E-state index in [4.69, 9.17) is 4.74 Å². The Bertz CT molecular complexity index is 901. The third-order valence-corrected chi connectivity index (χ3v) is 7.43. The molecule has 0 spiro atoms. The lowest BCUT2D eigenvalue weighted by Crippen LogP contribution is -2.41. The Kier molecular flexibility index (Phi) is 5.69. The van der Waals surface area contributed by atoms with E-state index < -0.39 is 0 Å². The molecule has 1 atom stereocenters. The number of hydrogen-bond acceptors (Lipinski definition) is 2. The number of piperidine rings is 1. The SMILES string of the molecule is CC(C)Oc1ccc2c(c1)C(C1CCN(C3CCCC3)CC1)c1ccccc1C=C2. The highest BCUT2D eigenvalue weighted by atomic mass is 16.5. The molecule has 0 N–H and O–H groups in total. The monoisotopic (exact) mass is 401 g/mol. The van der Waals surface area contributed by atoms with Crippen LogP contribution in [0.3, 0.4) is 0 Å². The molecule has 2 aromatic carbocycles. The number of rotatable bonds is 4. The van der Waals surface area contributed by atoms with Gasteiger partial charge < -0.3 is 9.64 Å². The summed E-state index contributed by atoms with van der Waals surface area (Å²) in [5.74, 6) is 2.15. The fourth-order valence-corrected chi connectivity index (χ4v) is 6.01. The van der Waals surface area contributed by atoms with Crippen LogP contribution in [0.1, 0.15) is 80.5 Å². The van der Waals surface area contributed by atoms with Crippen molar-refractivity contribution in [2.45, 2.75) is 70.4 Å². The number of benzene rings is 2. The summed E-state index contributed by atoms with van der Waals surface area (Å²) in [4.78, 5) is 2.80. The zero-order chi connectivity index (χ0) is 20.5. The minimum atomic E-state index is 0.199. The fraction of sp³-hybridized carbons (Fsp3) is 0.500. The maximum atomic E-state index is 6.10. The predicted molar refractivity (Wildman–Crippen MR) is 126 cm³/mol. The molecule has 30 heavy (non-hydrogen) atoms. The third kappa shape index (κ3) is 3.95. The van der Waals surface area contributed by atoms with Gasteiger partial charge in [0, 0.05) is 12.0 Å². The highest BCUT2D eigenvalue weighted by molar-refractivity contribution is 5.77. The number of fused-ring (bicyclic) bond motifs is 2. The summed E-state index contributed by atoms with van der Waals surface area (Å²) in [5.41, 5.74) is 5.68. The number of likely N-dealkylation sites (tertiary alicyclic amines) is 1. The highest BCUT2D eigenvalue weighted by Crippen LogP contribution is 2.44. The van der Waals surface area contributed by atoms with Crippen LogP contribution in [0.2, 0.25) is 0 Å². The highest BCUT2D eigenvalue weighted by Gasteiger charge is 2.34. The second kappa shape index (κ2) is 8.59. The van der Waals surface area contributed by atoms with E-state index in [9.17, 15) is 0 Å². The number of nitrogens with zero attached hydrogens (tertiary/aromatic N) is 1. The summed E-state index contributed by atoms with van der Waals surface area (Å²) in [6.07, 6.45) is 13.1. The number of ether oxygens (including phenoxy) is 1. The molecule has 1 saturated carbocycles. The van der Waals surface area contributed by atoms with Crippen LogP contribution in [0.15, 0.2) is 42.5 Å². The summed E-state index contributed by atoms with van der Waals surface area (Å²) >= 11 is 0. The molecule has 2 nitrogen and oxygen atoms in total. The Labute approximate surface area is 181 Å². The molecule has 1 unspecified atom stereocenters. The van der Waals surface area contributed by atoms with Crippen molar-refractivity contribution in [3.05, 3.63) is 64.7 Å². The van der Waals surface area contributed by atoms with Gasteiger partial charge in [-0.25, -0.2) is 0 Å². The van der Waals surface area contributed by atoms with Crippen LogP contribution in [-0.4, -0.2) is 30.1 Å². The van der Waals surface area contributed by atoms with Gasteiger partial charge in [0.2, 0.25) is 0 Å². The third-order valence-electron chi connectivity index (χ3n) is 7.43. The molecule has 2 aliphatic carbocycles. The zero-order valence-corrected chi connectivity index (χ0v) is 18.5. The molecule has 0 aromatic heterocycles. The first-order valence-electron chi connectivity index (χ1n) is 12.0. The van der Waals surface area contributed by atoms with E-state index in [0.717, 1.165) is 11.8 Å². The van der Waals surface area contributed by atoms with Crippen molar-refractivity contribution < 1.29 is 4.74 Å². The van der Waals surface area contributed by atoms with Gasteiger partial charge in [-0.3, -0.25) is 0 Å². The molecular weight excluding hydrogens is 366 g/mol. The zero-order valence-electron chi connectivity index (χ0n) is 18.5. The van der Waals surface area contributed by atoms with Crippen molar-refractivity contribution >= 4 is 12.2 Å². The van der Waals surface area contributed by atoms with Crippen molar-refractivity contribution in [2.24, 2.45) is 5.92 Å². The van der Waals surface area contributed by atoms with E-state index in [-0.39, 0.29) is 6.10 Å². The van der Waals surface area contributed by atoms with Crippen LogP contribution in [0.5, 0.6) is 5.75 Å². The molecule has 1 aliphatic heterocycles. The molecule has 0 amide bonds. The van der Waals surface area contributed by atoms with E-state index in [1.807, 2.05) is 0 Å².